The van der Waals surface area contributed by atoms with Crippen molar-refractivity contribution in [3.05, 3.63) is 40.8 Å². The van der Waals surface area contributed by atoms with Crippen LogP contribution in [0.4, 0.5) is 10.2 Å². The van der Waals surface area contributed by atoms with Crippen LogP contribution >= 0.6 is 0 Å². The Balaban J connectivity index is 2.46. The fourth-order valence-corrected chi connectivity index (χ4v) is 3.57. The minimum Gasteiger partial charge on any atom is -0.326 e. The summed E-state index contributed by atoms with van der Waals surface area (Å²) in [6.45, 7) is 3.23. The number of nitrogens with zero attached hydrogens (tertiary/aromatic N) is 1. The molecule has 0 saturated carbocycles. The van der Waals surface area contributed by atoms with Gasteiger partial charge in [0.15, 0.2) is 0 Å². The second-order valence-electron chi connectivity index (χ2n) is 4.45. The van der Waals surface area contributed by atoms with E-state index in [4.69, 9.17) is 5.73 Å². The average molecular weight is 298 g/mol. The molecule has 0 aliphatic heterocycles. The highest BCUT2D eigenvalue weighted by molar-refractivity contribution is 7.92. The number of rotatable bonds is 4. The molecule has 0 aliphatic carbocycles. The molecule has 0 saturated heterocycles. The molecule has 2 aromatic rings. The number of benzene rings is 1. The number of aryl methyl sites for hydroxylation is 2. The first-order valence-electron chi connectivity index (χ1n) is 5.87. The van der Waals surface area contributed by atoms with Crippen molar-refractivity contribution in [1.29, 1.82) is 0 Å². The lowest BCUT2D eigenvalue weighted by molar-refractivity contribution is 0.597. The van der Waals surface area contributed by atoms with Crippen molar-refractivity contribution < 1.29 is 12.8 Å². The molecule has 1 heterocycles. The van der Waals surface area contributed by atoms with Gasteiger partial charge in [0, 0.05) is 12.1 Å². The van der Waals surface area contributed by atoms with Crippen LogP contribution < -0.4 is 10.5 Å². The molecular formula is C12H15FN4O2S. The lowest BCUT2D eigenvalue weighted by Gasteiger charge is -2.12. The molecule has 20 heavy (non-hydrogen) atoms. The van der Waals surface area contributed by atoms with E-state index in [1.165, 1.54) is 18.3 Å². The minimum atomic E-state index is -3.84. The smallest absolute Gasteiger partial charge is 0.263 e. The summed E-state index contributed by atoms with van der Waals surface area (Å²) in [7, 11) is -3.84. The van der Waals surface area contributed by atoms with Crippen molar-refractivity contribution in [3.8, 4) is 0 Å². The van der Waals surface area contributed by atoms with Gasteiger partial charge in [-0.1, -0.05) is 0 Å². The summed E-state index contributed by atoms with van der Waals surface area (Å²) < 4.78 is 40.4. The standard InChI is InChI=1S/C12H15FN4O2S/c1-7-3-10(13)4-8(2)11(7)20(18,19)17-12-9(5-14)6-15-16-12/h3-4,6H,5,14H2,1-2H3,(H2,15,16,17). The van der Waals surface area contributed by atoms with Gasteiger partial charge in [-0.3, -0.25) is 9.82 Å². The summed E-state index contributed by atoms with van der Waals surface area (Å²) >= 11 is 0. The maximum absolute atomic E-state index is 13.2. The van der Waals surface area contributed by atoms with Crippen LogP contribution in [0.3, 0.4) is 0 Å². The molecule has 0 radical (unpaired) electrons. The van der Waals surface area contributed by atoms with E-state index in [-0.39, 0.29) is 17.3 Å². The third-order valence-corrected chi connectivity index (χ3v) is 4.52. The highest BCUT2D eigenvalue weighted by Gasteiger charge is 2.22. The fourth-order valence-electron chi connectivity index (χ4n) is 2.06. The Morgan fingerprint density at radius 3 is 2.50 bits per heavy atom. The van der Waals surface area contributed by atoms with Crippen molar-refractivity contribution in [2.24, 2.45) is 5.73 Å². The van der Waals surface area contributed by atoms with Crippen LogP contribution in [0.15, 0.2) is 23.2 Å². The van der Waals surface area contributed by atoms with Crippen LogP contribution in [0.5, 0.6) is 0 Å². The molecule has 0 spiro atoms. The third kappa shape index (κ3) is 2.66. The van der Waals surface area contributed by atoms with Crippen molar-refractivity contribution in [2.75, 3.05) is 4.72 Å². The van der Waals surface area contributed by atoms with Gasteiger partial charge in [-0.2, -0.15) is 5.10 Å². The van der Waals surface area contributed by atoms with E-state index < -0.39 is 15.8 Å². The zero-order valence-electron chi connectivity index (χ0n) is 11.1. The molecular weight excluding hydrogens is 283 g/mol. The number of nitrogens with two attached hydrogens (primary N) is 1. The highest BCUT2D eigenvalue weighted by Crippen LogP contribution is 2.24. The molecule has 0 aliphatic rings. The van der Waals surface area contributed by atoms with Crippen LogP contribution in [0.1, 0.15) is 16.7 Å². The lowest BCUT2D eigenvalue weighted by Crippen LogP contribution is -2.17. The summed E-state index contributed by atoms with van der Waals surface area (Å²) in [5.74, 6) is -0.251. The summed E-state index contributed by atoms with van der Waals surface area (Å²) in [6.07, 6.45) is 1.45. The van der Waals surface area contributed by atoms with Crippen molar-refractivity contribution >= 4 is 15.8 Å². The van der Waals surface area contributed by atoms with E-state index in [1.807, 2.05) is 0 Å². The zero-order valence-corrected chi connectivity index (χ0v) is 11.9. The Kier molecular flexibility index (Phi) is 3.78. The van der Waals surface area contributed by atoms with Crippen molar-refractivity contribution in [1.82, 2.24) is 10.2 Å². The largest absolute Gasteiger partial charge is 0.326 e. The normalized spacial score (nSPS) is 11.6. The van der Waals surface area contributed by atoms with Crippen LogP contribution in [-0.2, 0) is 16.6 Å². The van der Waals surface area contributed by atoms with E-state index in [9.17, 15) is 12.8 Å². The van der Waals surface area contributed by atoms with Gasteiger partial charge in [0.25, 0.3) is 10.0 Å². The molecule has 108 valence electrons. The fraction of sp³-hybridized carbons (Fsp3) is 0.250. The number of hydrogen-bond acceptors (Lipinski definition) is 4. The first kappa shape index (κ1) is 14.5. The minimum absolute atomic E-state index is 0.0523. The maximum Gasteiger partial charge on any atom is 0.263 e. The number of halogens is 1. The van der Waals surface area contributed by atoms with Gasteiger partial charge in [-0.25, -0.2) is 12.8 Å². The number of anilines is 1. The number of aromatic amines is 1. The van der Waals surface area contributed by atoms with Gasteiger partial charge in [0.05, 0.1) is 11.1 Å². The van der Waals surface area contributed by atoms with Gasteiger partial charge in [0.2, 0.25) is 0 Å². The molecule has 0 amide bonds. The topological polar surface area (TPSA) is 101 Å². The molecule has 0 unspecified atom stereocenters. The average Bonchev–Trinajstić information content (AvgIpc) is 2.73. The number of hydrogen-bond donors (Lipinski definition) is 3. The lowest BCUT2D eigenvalue weighted by atomic mass is 10.1. The highest BCUT2D eigenvalue weighted by atomic mass is 32.2. The SMILES string of the molecule is Cc1cc(F)cc(C)c1S(=O)(=O)Nc1[nH]ncc1CN. The molecule has 0 bridgehead atoms. The Labute approximate surface area is 116 Å². The first-order valence-corrected chi connectivity index (χ1v) is 7.35. The summed E-state index contributed by atoms with van der Waals surface area (Å²) in [5.41, 5.74) is 6.71. The Morgan fingerprint density at radius 1 is 1.35 bits per heavy atom. The Bertz CT molecular complexity index is 717. The van der Waals surface area contributed by atoms with Gasteiger partial charge < -0.3 is 5.73 Å². The Hall–Kier alpha value is -1.93. The van der Waals surface area contributed by atoms with Gasteiger partial charge in [-0.15, -0.1) is 0 Å². The molecule has 4 N–H and O–H groups in total. The zero-order chi connectivity index (χ0) is 14.9. The second kappa shape index (κ2) is 5.22. The molecule has 8 heteroatoms. The monoisotopic (exact) mass is 298 g/mol. The van der Waals surface area contributed by atoms with Crippen molar-refractivity contribution in [2.45, 2.75) is 25.3 Å². The van der Waals surface area contributed by atoms with E-state index in [2.05, 4.69) is 14.9 Å². The first-order chi connectivity index (χ1) is 9.35. The molecule has 0 atom stereocenters. The second-order valence-corrected chi connectivity index (χ2v) is 6.07. The van der Waals surface area contributed by atoms with E-state index in [0.29, 0.717) is 16.7 Å². The van der Waals surface area contributed by atoms with E-state index >= 15 is 0 Å². The van der Waals surface area contributed by atoms with Crippen LogP contribution in [0, 0.1) is 19.7 Å². The molecule has 0 fully saturated rings. The number of H-pyrrole nitrogens is 1. The van der Waals surface area contributed by atoms with Gasteiger partial charge in [0.1, 0.15) is 11.6 Å². The number of nitrogens with one attached hydrogen (secondary N) is 2. The van der Waals surface area contributed by atoms with E-state index in [0.717, 1.165) is 0 Å². The Morgan fingerprint density at radius 2 is 1.95 bits per heavy atom. The summed E-state index contributed by atoms with van der Waals surface area (Å²) in [4.78, 5) is 0.0523. The van der Waals surface area contributed by atoms with Crippen LogP contribution in [-0.4, -0.2) is 18.6 Å². The van der Waals surface area contributed by atoms with Gasteiger partial charge >= 0.3 is 0 Å². The van der Waals surface area contributed by atoms with E-state index in [1.54, 1.807) is 13.8 Å². The molecule has 6 nitrogen and oxygen atoms in total. The third-order valence-electron chi connectivity index (χ3n) is 2.87. The summed E-state index contributed by atoms with van der Waals surface area (Å²) in [5, 5.41) is 6.28. The summed E-state index contributed by atoms with van der Waals surface area (Å²) in [6, 6.07) is 2.36. The van der Waals surface area contributed by atoms with Gasteiger partial charge in [-0.05, 0) is 37.1 Å². The number of sulfonamides is 1. The predicted octanol–water partition coefficient (Wildman–Crippen LogP) is 1.43. The van der Waals surface area contributed by atoms with Crippen molar-refractivity contribution in [3.63, 3.8) is 0 Å². The quantitative estimate of drug-likeness (QED) is 0.794. The predicted molar refractivity (Wildman–Crippen MR) is 73.2 cm³/mol. The van der Waals surface area contributed by atoms with Crippen LogP contribution in [0.2, 0.25) is 0 Å². The molecule has 1 aromatic carbocycles. The molecule has 2 rings (SSSR count). The maximum atomic E-state index is 13.2. The molecule has 1 aromatic heterocycles. The van der Waals surface area contributed by atoms with Crippen LogP contribution in [0.25, 0.3) is 0 Å². The number of aromatic nitrogens is 2.